The fourth-order valence-electron chi connectivity index (χ4n) is 1.03. The highest BCUT2D eigenvalue weighted by molar-refractivity contribution is 5.92. The lowest BCUT2D eigenvalue weighted by molar-refractivity contribution is 0.622. The van der Waals surface area contributed by atoms with E-state index in [1.165, 1.54) is 12.1 Å². The standard InChI is InChI=1S/C11H15FN4/c1-14-6-4-10(13)5-7-15-11-3-2-9(12)8-16-11/h2-3,5,7-8,13-14H,4,6H2,1H3,(H,15,16)/b7-5-,13-10?. The number of hydrogen-bond acceptors (Lipinski definition) is 4. The van der Waals surface area contributed by atoms with Crippen molar-refractivity contribution in [1.29, 1.82) is 5.41 Å². The zero-order chi connectivity index (χ0) is 11.8. The molecule has 0 fully saturated rings. The highest BCUT2D eigenvalue weighted by Gasteiger charge is 1.92. The lowest BCUT2D eigenvalue weighted by Gasteiger charge is -1.99. The van der Waals surface area contributed by atoms with E-state index in [0.29, 0.717) is 18.0 Å². The van der Waals surface area contributed by atoms with Gasteiger partial charge in [0.1, 0.15) is 11.6 Å². The van der Waals surface area contributed by atoms with Crippen LogP contribution in [0.5, 0.6) is 0 Å². The van der Waals surface area contributed by atoms with Gasteiger partial charge in [0.15, 0.2) is 0 Å². The first-order valence-electron chi connectivity index (χ1n) is 4.99. The van der Waals surface area contributed by atoms with Crippen LogP contribution >= 0.6 is 0 Å². The maximum atomic E-state index is 12.5. The SMILES string of the molecule is CNCCC(=N)/C=C\Nc1ccc(F)cn1. The molecule has 1 rings (SSSR count). The molecule has 16 heavy (non-hydrogen) atoms. The summed E-state index contributed by atoms with van der Waals surface area (Å²) in [4.78, 5) is 3.82. The normalized spacial score (nSPS) is 10.6. The van der Waals surface area contributed by atoms with Crippen LogP contribution < -0.4 is 10.6 Å². The van der Waals surface area contributed by atoms with E-state index in [1.54, 1.807) is 12.3 Å². The molecule has 0 atom stereocenters. The van der Waals surface area contributed by atoms with Gasteiger partial charge >= 0.3 is 0 Å². The Morgan fingerprint density at radius 2 is 2.38 bits per heavy atom. The Bertz CT molecular complexity index is 359. The topological polar surface area (TPSA) is 60.8 Å². The van der Waals surface area contributed by atoms with Gasteiger partial charge in [0.25, 0.3) is 0 Å². The Kier molecular flexibility index (Phi) is 5.15. The zero-order valence-electron chi connectivity index (χ0n) is 9.13. The largest absolute Gasteiger partial charge is 0.347 e. The third kappa shape index (κ3) is 4.65. The van der Waals surface area contributed by atoms with E-state index < -0.39 is 0 Å². The van der Waals surface area contributed by atoms with E-state index in [-0.39, 0.29) is 5.82 Å². The number of nitrogens with zero attached hydrogens (tertiary/aromatic N) is 1. The van der Waals surface area contributed by atoms with Gasteiger partial charge in [-0.25, -0.2) is 9.37 Å². The highest BCUT2D eigenvalue weighted by Crippen LogP contribution is 2.02. The van der Waals surface area contributed by atoms with Crippen LogP contribution in [0.1, 0.15) is 6.42 Å². The van der Waals surface area contributed by atoms with Crippen molar-refractivity contribution in [3.63, 3.8) is 0 Å². The second-order valence-electron chi connectivity index (χ2n) is 3.22. The van der Waals surface area contributed by atoms with Crippen molar-refractivity contribution in [2.45, 2.75) is 6.42 Å². The predicted octanol–water partition coefficient (Wildman–Crippen LogP) is 1.78. The molecular formula is C11H15FN4. The number of pyridine rings is 1. The molecule has 3 N–H and O–H groups in total. The monoisotopic (exact) mass is 222 g/mol. The molecule has 0 spiro atoms. The minimum absolute atomic E-state index is 0.365. The maximum Gasteiger partial charge on any atom is 0.141 e. The average molecular weight is 222 g/mol. The molecule has 0 aromatic carbocycles. The van der Waals surface area contributed by atoms with Crippen molar-refractivity contribution in [3.05, 3.63) is 36.4 Å². The average Bonchev–Trinajstić information content (AvgIpc) is 2.29. The Morgan fingerprint density at radius 1 is 1.56 bits per heavy atom. The second kappa shape index (κ2) is 6.68. The number of aromatic nitrogens is 1. The molecule has 1 aromatic rings. The van der Waals surface area contributed by atoms with Crippen LogP contribution in [0.15, 0.2) is 30.6 Å². The summed E-state index contributed by atoms with van der Waals surface area (Å²) in [6.07, 6.45) is 5.09. The number of anilines is 1. The molecule has 0 saturated carbocycles. The fraction of sp³-hybridized carbons (Fsp3) is 0.273. The Balaban J connectivity index is 2.36. The van der Waals surface area contributed by atoms with Crippen molar-refractivity contribution in [2.75, 3.05) is 18.9 Å². The van der Waals surface area contributed by atoms with E-state index in [9.17, 15) is 4.39 Å². The minimum Gasteiger partial charge on any atom is -0.347 e. The molecule has 4 nitrogen and oxygen atoms in total. The molecule has 0 radical (unpaired) electrons. The number of allylic oxidation sites excluding steroid dienone is 1. The van der Waals surface area contributed by atoms with Crippen LogP contribution in [0, 0.1) is 11.2 Å². The summed E-state index contributed by atoms with van der Waals surface area (Å²) in [6, 6.07) is 2.87. The Morgan fingerprint density at radius 3 is 3.00 bits per heavy atom. The quantitative estimate of drug-likeness (QED) is 0.643. The number of nitrogens with one attached hydrogen (secondary N) is 3. The molecule has 0 saturated heterocycles. The summed E-state index contributed by atoms with van der Waals surface area (Å²) in [6.45, 7) is 0.776. The van der Waals surface area contributed by atoms with E-state index in [4.69, 9.17) is 5.41 Å². The molecule has 0 amide bonds. The van der Waals surface area contributed by atoms with Crippen LogP contribution in [0.25, 0.3) is 0 Å². The minimum atomic E-state index is -0.365. The first-order chi connectivity index (χ1) is 7.72. The fourth-order valence-corrected chi connectivity index (χ4v) is 1.03. The van der Waals surface area contributed by atoms with Crippen LogP contribution in [0.2, 0.25) is 0 Å². The van der Waals surface area contributed by atoms with E-state index in [2.05, 4.69) is 15.6 Å². The van der Waals surface area contributed by atoms with Gasteiger partial charge in [-0.15, -0.1) is 0 Å². The van der Waals surface area contributed by atoms with Gasteiger partial charge in [0.2, 0.25) is 0 Å². The zero-order valence-corrected chi connectivity index (χ0v) is 9.13. The molecule has 0 aliphatic rings. The van der Waals surface area contributed by atoms with Crippen molar-refractivity contribution in [1.82, 2.24) is 10.3 Å². The third-order valence-corrected chi connectivity index (χ3v) is 1.89. The highest BCUT2D eigenvalue weighted by atomic mass is 19.1. The molecule has 0 unspecified atom stereocenters. The summed E-state index contributed by atoms with van der Waals surface area (Å²) in [5.74, 6) is 0.190. The van der Waals surface area contributed by atoms with Crippen molar-refractivity contribution in [3.8, 4) is 0 Å². The Labute approximate surface area is 94.1 Å². The van der Waals surface area contributed by atoms with Crippen molar-refractivity contribution < 1.29 is 4.39 Å². The van der Waals surface area contributed by atoms with E-state index in [1.807, 2.05) is 7.05 Å². The van der Waals surface area contributed by atoms with Gasteiger partial charge in [-0.2, -0.15) is 0 Å². The maximum absolute atomic E-state index is 12.5. The number of rotatable bonds is 6. The van der Waals surface area contributed by atoms with Gasteiger partial charge < -0.3 is 16.0 Å². The summed E-state index contributed by atoms with van der Waals surface area (Å²) < 4.78 is 12.5. The van der Waals surface area contributed by atoms with Gasteiger partial charge in [0.05, 0.1) is 6.20 Å². The summed E-state index contributed by atoms with van der Waals surface area (Å²) in [7, 11) is 1.84. The van der Waals surface area contributed by atoms with Gasteiger partial charge in [-0.05, 0) is 25.3 Å². The molecule has 1 heterocycles. The van der Waals surface area contributed by atoms with Crippen LogP contribution in [-0.4, -0.2) is 24.3 Å². The predicted molar refractivity (Wildman–Crippen MR) is 63.2 cm³/mol. The molecule has 86 valence electrons. The molecule has 5 heteroatoms. The van der Waals surface area contributed by atoms with Crippen molar-refractivity contribution in [2.24, 2.45) is 0 Å². The summed E-state index contributed by atoms with van der Waals surface area (Å²) in [5, 5.41) is 13.4. The first kappa shape index (κ1) is 12.3. The van der Waals surface area contributed by atoms with Gasteiger partial charge in [-0.1, -0.05) is 0 Å². The lowest BCUT2D eigenvalue weighted by atomic mass is 10.2. The number of halogens is 1. The number of hydrogen-bond donors (Lipinski definition) is 3. The molecular weight excluding hydrogens is 207 g/mol. The van der Waals surface area contributed by atoms with Crippen LogP contribution in [0.4, 0.5) is 10.2 Å². The van der Waals surface area contributed by atoms with Gasteiger partial charge in [-0.3, -0.25) is 0 Å². The first-order valence-corrected chi connectivity index (χ1v) is 4.99. The molecule has 0 aliphatic heterocycles. The molecule has 1 aromatic heterocycles. The van der Waals surface area contributed by atoms with Gasteiger partial charge in [0, 0.05) is 24.9 Å². The Hall–Kier alpha value is -1.75. The van der Waals surface area contributed by atoms with Crippen LogP contribution in [0.3, 0.4) is 0 Å². The summed E-state index contributed by atoms with van der Waals surface area (Å²) in [5.41, 5.74) is 0.518. The van der Waals surface area contributed by atoms with Crippen LogP contribution in [-0.2, 0) is 0 Å². The second-order valence-corrected chi connectivity index (χ2v) is 3.22. The smallest absolute Gasteiger partial charge is 0.141 e. The van der Waals surface area contributed by atoms with E-state index >= 15 is 0 Å². The molecule has 0 bridgehead atoms. The molecule has 0 aliphatic carbocycles. The third-order valence-electron chi connectivity index (χ3n) is 1.89. The lowest BCUT2D eigenvalue weighted by Crippen LogP contribution is -2.11. The van der Waals surface area contributed by atoms with Crippen molar-refractivity contribution >= 4 is 11.5 Å². The summed E-state index contributed by atoms with van der Waals surface area (Å²) >= 11 is 0. The van der Waals surface area contributed by atoms with E-state index in [0.717, 1.165) is 12.7 Å².